The summed E-state index contributed by atoms with van der Waals surface area (Å²) in [5, 5.41) is 2.70. The normalized spacial score (nSPS) is 23.0. The fourth-order valence-corrected chi connectivity index (χ4v) is 5.06. The van der Waals surface area contributed by atoms with E-state index in [0.29, 0.717) is 11.9 Å². The highest BCUT2D eigenvalue weighted by atomic mass is 32.2. The third kappa shape index (κ3) is 4.94. The summed E-state index contributed by atoms with van der Waals surface area (Å²) < 4.78 is 23.2. The molecule has 0 bridgehead atoms. The van der Waals surface area contributed by atoms with Crippen LogP contribution in [0.2, 0.25) is 0 Å². The zero-order valence-electron chi connectivity index (χ0n) is 12.9. The van der Waals surface area contributed by atoms with E-state index in [1.54, 1.807) is 25.6 Å². The summed E-state index contributed by atoms with van der Waals surface area (Å²) in [6.07, 6.45) is 3.27. The molecule has 0 fully saturated rings. The van der Waals surface area contributed by atoms with Gasteiger partial charge in [-0.1, -0.05) is 0 Å². The first-order valence-corrected chi connectivity index (χ1v) is 9.07. The number of methoxy groups -OCH3 is 2. The smallest absolute Gasteiger partial charge is 0.271 e. The standard InChI is InChI=1S/C15H24O4S2/c1-4-18-15(17-3)19-13-10-11(6-5-8-16-2)21-14-12(13)7-9-20-14/h7,9,11,13,15H,4-6,8,10H2,1-3H3. The van der Waals surface area contributed by atoms with Crippen LogP contribution >= 0.6 is 23.1 Å². The first kappa shape index (κ1) is 17.2. The van der Waals surface area contributed by atoms with E-state index in [2.05, 4.69) is 11.4 Å². The lowest BCUT2D eigenvalue weighted by Crippen LogP contribution is -2.26. The van der Waals surface area contributed by atoms with Crippen molar-refractivity contribution in [3.8, 4) is 0 Å². The molecule has 0 spiro atoms. The van der Waals surface area contributed by atoms with Crippen molar-refractivity contribution in [1.82, 2.24) is 0 Å². The number of thiophene rings is 1. The van der Waals surface area contributed by atoms with Crippen LogP contribution in [0.25, 0.3) is 0 Å². The highest BCUT2D eigenvalue weighted by Gasteiger charge is 2.31. The lowest BCUT2D eigenvalue weighted by Gasteiger charge is -2.31. The molecule has 1 aliphatic rings. The molecule has 0 aromatic carbocycles. The van der Waals surface area contributed by atoms with Crippen LogP contribution in [0.4, 0.5) is 0 Å². The number of hydrogen-bond acceptors (Lipinski definition) is 6. The minimum Gasteiger partial charge on any atom is -0.385 e. The Kier molecular flexibility index (Phi) is 7.49. The Morgan fingerprint density at radius 2 is 2.24 bits per heavy atom. The van der Waals surface area contributed by atoms with Crippen LogP contribution in [0, 0.1) is 0 Å². The maximum atomic E-state index is 6.02. The second-order valence-electron chi connectivity index (χ2n) is 4.88. The predicted molar refractivity (Wildman–Crippen MR) is 85.9 cm³/mol. The van der Waals surface area contributed by atoms with Crippen molar-refractivity contribution >= 4 is 23.1 Å². The summed E-state index contributed by atoms with van der Waals surface area (Å²) in [6, 6.07) is 2.15. The van der Waals surface area contributed by atoms with E-state index in [0.717, 1.165) is 25.9 Å². The molecule has 0 N–H and O–H groups in total. The molecule has 21 heavy (non-hydrogen) atoms. The Morgan fingerprint density at radius 1 is 1.38 bits per heavy atom. The fourth-order valence-electron chi connectivity index (χ4n) is 2.40. The molecule has 1 aliphatic heterocycles. The van der Waals surface area contributed by atoms with Crippen LogP contribution in [0.3, 0.4) is 0 Å². The summed E-state index contributed by atoms with van der Waals surface area (Å²) in [4.78, 5) is 0. The van der Waals surface area contributed by atoms with Gasteiger partial charge in [-0.15, -0.1) is 23.1 Å². The Hall–Kier alpha value is -0.110. The number of thioether (sulfide) groups is 1. The van der Waals surface area contributed by atoms with Crippen molar-refractivity contribution in [2.45, 2.75) is 48.2 Å². The molecule has 0 amide bonds. The van der Waals surface area contributed by atoms with Crippen LogP contribution < -0.4 is 0 Å². The van der Waals surface area contributed by atoms with Crippen LogP contribution in [-0.2, 0) is 18.9 Å². The van der Waals surface area contributed by atoms with Gasteiger partial charge >= 0.3 is 0 Å². The highest BCUT2D eigenvalue weighted by molar-refractivity contribution is 8.01. The minimum absolute atomic E-state index is 0.0524. The maximum Gasteiger partial charge on any atom is 0.271 e. The topological polar surface area (TPSA) is 36.9 Å². The molecular weight excluding hydrogens is 308 g/mol. The molecule has 0 saturated carbocycles. The van der Waals surface area contributed by atoms with Crippen LogP contribution in [0.1, 0.15) is 37.9 Å². The number of ether oxygens (including phenoxy) is 4. The van der Waals surface area contributed by atoms with Gasteiger partial charge in [0.1, 0.15) is 0 Å². The first-order valence-electron chi connectivity index (χ1n) is 7.31. The van der Waals surface area contributed by atoms with E-state index in [-0.39, 0.29) is 6.10 Å². The van der Waals surface area contributed by atoms with Gasteiger partial charge < -0.3 is 18.9 Å². The van der Waals surface area contributed by atoms with E-state index < -0.39 is 6.48 Å². The third-order valence-corrected chi connectivity index (χ3v) is 5.91. The van der Waals surface area contributed by atoms with E-state index in [9.17, 15) is 0 Å². The Morgan fingerprint density at radius 3 is 2.95 bits per heavy atom. The lowest BCUT2D eigenvalue weighted by molar-refractivity contribution is -0.295. The summed E-state index contributed by atoms with van der Waals surface area (Å²) >= 11 is 3.76. The van der Waals surface area contributed by atoms with Gasteiger partial charge in [0.25, 0.3) is 6.48 Å². The van der Waals surface area contributed by atoms with Gasteiger partial charge in [0, 0.05) is 38.2 Å². The molecule has 0 saturated heterocycles. The van der Waals surface area contributed by atoms with Gasteiger partial charge in [-0.05, 0) is 37.6 Å². The molecule has 0 aliphatic carbocycles. The number of rotatable bonds is 9. The zero-order valence-corrected chi connectivity index (χ0v) is 14.5. The highest BCUT2D eigenvalue weighted by Crippen LogP contribution is 2.47. The summed E-state index contributed by atoms with van der Waals surface area (Å²) in [5.41, 5.74) is 1.27. The molecule has 120 valence electrons. The molecule has 1 aromatic rings. The molecule has 3 unspecified atom stereocenters. The molecular formula is C15H24O4S2. The molecule has 3 atom stereocenters. The van der Waals surface area contributed by atoms with E-state index in [4.69, 9.17) is 18.9 Å². The second-order valence-corrected chi connectivity index (χ2v) is 7.36. The largest absolute Gasteiger partial charge is 0.385 e. The molecule has 6 heteroatoms. The number of hydrogen-bond donors (Lipinski definition) is 0. The second kappa shape index (κ2) is 9.12. The summed E-state index contributed by atoms with van der Waals surface area (Å²) in [6.45, 7) is 2.75. The average Bonchev–Trinajstić information content (AvgIpc) is 2.95. The predicted octanol–water partition coefficient (Wildman–Crippen LogP) is 4.06. The molecule has 2 heterocycles. The van der Waals surface area contributed by atoms with Crippen molar-refractivity contribution in [3.63, 3.8) is 0 Å². The first-order chi connectivity index (χ1) is 10.3. The third-order valence-electron chi connectivity index (χ3n) is 3.40. The monoisotopic (exact) mass is 332 g/mol. The Bertz CT molecular complexity index is 410. The van der Waals surface area contributed by atoms with Gasteiger partial charge in [0.15, 0.2) is 0 Å². The van der Waals surface area contributed by atoms with Gasteiger partial charge in [0.2, 0.25) is 0 Å². The van der Waals surface area contributed by atoms with Crippen molar-refractivity contribution in [3.05, 3.63) is 17.0 Å². The summed E-state index contributed by atoms with van der Waals surface area (Å²) in [5.74, 6) is 0. The molecule has 1 aromatic heterocycles. The van der Waals surface area contributed by atoms with Gasteiger partial charge in [-0.2, -0.15) is 0 Å². The van der Waals surface area contributed by atoms with Crippen LogP contribution in [0.15, 0.2) is 15.7 Å². The van der Waals surface area contributed by atoms with Crippen LogP contribution in [-0.4, -0.2) is 39.2 Å². The van der Waals surface area contributed by atoms with Crippen molar-refractivity contribution in [2.24, 2.45) is 0 Å². The van der Waals surface area contributed by atoms with E-state index in [1.807, 2.05) is 18.7 Å². The number of fused-ring (bicyclic) bond motifs is 1. The zero-order chi connectivity index (χ0) is 15.1. The van der Waals surface area contributed by atoms with E-state index >= 15 is 0 Å². The average molecular weight is 332 g/mol. The minimum atomic E-state index is -0.588. The molecule has 0 radical (unpaired) electrons. The maximum absolute atomic E-state index is 6.02. The molecule has 2 rings (SSSR count). The van der Waals surface area contributed by atoms with Gasteiger partial charge in [-0.3, -0.25) is 0 Å². The van der Waals surface area contributed by atoms with Crippen molar-refractivity contribution in [1.29, 1.82) is 0 Å². The fraction of sp³-hybridized carbons (Fsp3) is 0.733. The van der Waals surface area contributed by atoms with Crippen molar-refractivity contribution < 1.29 is 18.9 Å². The van der Waals surface area contributed by atoms with Gasteiger partial charge in [-0.25, -0.2) is 0 Å². The SMILES string of the molecule is CCOC(OC)OC1CC(CCCOC)Sc2sccc21. The lowest BCUT2D eigenvalue weighted by atomic mass is 10.0. The Balaban J connectivity index is 1.98. The van der Waals surface area contributed by atoms with Crippen LogP contribution in [0.5, 0.6) is 0 Å². The molecule has 4 nitrogen and oxygen atoms in total. The quantitative estimate of drug-likeness (QED) is 0.503. The summed E-state index contributed by atoms with van der Waals surface area (Å²) in [7, 11) is 3.37. The van der Waals surface area contributed by atoms with E-state index in [1.165, 1.54) is 9.77 Å². The van der Waals surface area contributed by atoms with Crippen molar-refractivity contribution in [2.75, 3.05) is 27.4 Å². The Labute approximate surface area is 135 Å². The van der Waals surface area contributed by atoms with Gasteiger partial charge in [0.05, 0.1) is 10.3 Å².